The summed E-state index contributed by atoms with van der Waals surface area (Å²) in [5.74, 6) is -1.91. The molecule has 0 saturated heterocycles. The third kappa shape index (κ3) is 4.92. The van der Waals surface area contributed by atoms with E-state index in [2.05, 4.69) is 10.3 Å². The number of amides is 1. The maximum Gasteiger partial charge on any atom is 0.326 e. The van der Waals surface area contributed by atoms with Gasteiger partial charge in [-0.2, -0.15) is 0 Å². The van der Waals surface area contributed by atoms with Gasteiger partial charge < -0.3 is 15.0 Å². The molecule has 2 aromatic carbocycles. The minimum Gasteiger partial charge on any atom is -0.480 e. The van der Waals surface area contributed by atoms with Crippen LogP contribution in [0.3, 0.4) is 0 Å². The number of rotatable bonds is 7. The average molecular weight is 510 g/mol. The van der Waals surface area contributed by atoms with Gasteiger partial charge >= 0.3 is 5.97 Å². The molecule has 178 valence electrons. The van der Waals surface area contributed by atoms with Crippen molar-refractivity contribution in [1.29, 1.82) is 0 Å². The van der Waals surface area contributed by atoms with Crippen LogP contribution in [0.25, 0.3) is 22.0 Å². The zero-order valence-corrected chi connectivity index (χ0v) is 20.2. The van der Waals surface area contributed by atoms with Crippen LogP contribution in [0.4, 0.5) is 0 Å². The Morgan fingerprint density at radius 1 is 1.03 bits per heavy atom. The van der Waals surface area contributed by atoms with Gasteiger partial charge in [0.25, 0.3) is 11.5 Å². The highest BCUT2D eigenvalue weighted by Crippen LogP contribution is 2.29. The predicted molar refractivity (Wildman–Crippen MR) is 136 cm³/mol. The third-order valence-corrected chi connectivity index (χ3v) is 6.35. The second kappa shape index (κ2) is 10.3. The van der Waals surface area contributed by atoms with E-state index in [-0.39, 0.29) is 27.6 Å². The number of carbonyl (C=O) groups is 2. The lowest BCUT2D eigenvalue weighted by molar-refractivity contribution is -0.139. The molecule has 0 fully saturated rings. The number of carboxylic acid groups (broad SMARTS) is 1. The van der Waals surface area contributed by atoms with Crippen LogP contribution >= 0.6 is 23.2 Å². The van der Waals surface area contributed by atoms with Crippen molar-refractivity contribution in [3.8, 4) is 11.1 Å². The molecule has 1 amide bonds. The van der Waals surface area contributed by atoms with E-state index in [1.165, 1.54) is 12.1 Å². The van der Waals surface area contributed by atoms with Crippen LogP contribution in [-0.2, 0) is 17.8 Å². The van der Waals surface area contributed by atoms with Crippen LogP contribution in [-0.4, -0.2) is 32.6 Å². The van der Waals surface area contributed by atoms with Crippen LogP contribution in [0.1, 0.15) is 22.8 Å². The van der Waals surface area contributed by atoms with Crippen LogP contribution in [0.2, 0.25) is 10.0 Å². The van der Waals surface area contributed by atoms with E-state index in [4.69, 9.17) is 23.2 Å². The standard InChI is InChI=1S/C26H21Cl2N3O4/c1-2-31-13-5-7-18(25(31)33)16-11-10-15(23-17(16)6-4-12-29-23)14-21(26(34)35)30-24(32)22-19(27)8-3-9-20(22)28/h3-13,21H,2,14H2,1H3,(H,30,32)(H,34,35)/t21-/m0/s1. The Morgan fingerprint density at radius 2 is 1.77 bits per heavy atom. The van der Waals surface area contributed by atoms with Gasteiger partial charge in [-0.3, -0.25) is 14.6 Å². The van der Waals surface area contributed by atoms with Crippen molar-refractivity contribution in [2.75, 3.05) is 0 Å². The van der Waals surface area contributed by atoms with E-state index >= 15 is 0 Å². The molecule has 0 saturated carbocycles. The zero-order chi connectivity index (χ0) is 25.1. The number of aryl methyl sites for hydroxylation is 1. The Balaban J connectivity index is 1.72. The lowest BCUT2D eigenvalue weighted by atomic mass is 9.95. The number of pyridine rings is 2. The summed E-state index contributed by atoms with van der Waals surface area (Å²) in [7, 11) is 0. The van der Waals surface area contributed by atoms with Crippen LogP contribution in [0, 0.1) is 0 Å². The minimum atomic E-state index is -1.26. The number of benzene rings is 2. The quantitative estimate of drug-likeness (QED) is 0.372. The number of hydrogen-bond acceptors (Lipinski definition) is 4. The SMILES string of the molecule is CCn1cccc(-c2ccc(C[C@H](NC(=O)c3c(Cl)cccc3Cl)C(=O)O)c3ncccc23)c1=O. The van der Waals surface area contributed by atoms with E-state index in [0.29, 0.717) is 34.1 Å². The van der Waals surface area contributed by atoms with E-state index in [9.17, 15) is 19.5 Å². The first kappa shape index (κ1) is 24.4. The molecule has 4 rings (SSSR count). The molecule has 2 N–H and O–H groups in total. The van der Waals surface area contributed by atoms with Crippen LogP contribution < -0.4 is 10.9 Å². The van der Waals surface area contributed by atoms with Crippen molar-refractivity contribution in [3.05, 3.63) is 98.5 Å². The van der Waals surface area contributed by atoms with Crippen molar-refractivity contribution >= 4 is 46.0 Å². The number of halogens is 2. The molecule has 2 heterocycles. The first-order valence-electron chi connectivity index (χ1n) is 10.9. The van der Waals surface area contributed by atoms with Gasteiger partial charge in [0.1, 0.15) is 6.04 Å². The Kier molecular flexibility index (Phi) is 7.19. The molecular formula is C26H21Cl2N3O4. The highest BCUT2D eigenvalue weighted by molar-refractivity contribution is 6.39. The number of hydrogen-bond donors (Lipinski definition) is 2. The molecule has 0 aliphatic heterocycles. The minimum absolute atomic E-state index is 0.0108. The number of carboxylic acids is 1. The maximum atomic E-state index is 12.9. The van der Waals surface area contributed by atoms with Crippen molar-refractivity contribution in [1.82, 2.24) is 14.9 Å². The summed E-state index contributed by atoms with van der Waals surface area (Å²) in [5.41, 5.74) is 2.26. The van der Waals surface area contributed by atoms with Gasteiger partial charge in [-0.1, -0.05) is 47.5 Å². The fraction of sp³-hybridized carbons (Fsp3) is 0.154. The Bertz CT molecular complexity index is 1480. The zero-order valence-electron chi connectivity index (χ0n) is 18.7. The largest absolute Gasteiger partial charge is 0.480 e. The average Bonchev–Trinajstić information content (AvgIpc) is 2.84. The fourth-order valence-electron chi connectivity index (χ4n) is 3.99. The molecule has 0 bridgehead atoms. The summed E-state index contributed by atoms with van der Waals surface area (Å²) in [6, 6.07) is 14.0. The second-order valence-corrected chi connectivity index (χ2v) is 8.66. The molecule has 2 aromatic heterocycles. The normalized spacial score (nSPS) is 11.9. The smallest absolute Gasteiger partial charge is 0.326 e. The number of fused-ring (bicyclic) bond motifs is 1. The Labute approximate surface area is 211 Å². The highest BCUT2D eigenvalue weighted by atomic mass is 35.5. The monoisotopic (exact) mass is 509 g/mol. The summed E-state index contributed by atoms with van der Waals surface area (Å²) in [6.45, 7) is 2.43. The van der Waals surface area contributed by atoms with Gasteiger partial charge in [-0.05, 0) is 48.4 Å². The van der Waals surface area contributed by atoms with Crippen molar-refractivity contribution < 1.29 is 14.7 Å². The first-order valence-corrected chi connectivity index (χ1v) is 11.6. The van der Waals surface area contributed by atoms with Crippen molar-refractivity contribution in [2.45, 2.75) is 25.9 Å². The maximum absolute atomic E-state index is 12.9. The van der Waals surface area contributed by atoms with Gasteiger partial charge in [0.15, 0.2) is 0 Å². The van der Waals surface area contributed by atoms with E-state index < -0.39 is 17.9 Å². The Morgan fingerprint density at radius 3 is 2.46 bits per heavy atom. The van der Waals surface area contributed by atoms with Crippen molar-refractivity contribution in [3.63, 3.8) is 0 Å². The molecule has 9 heteroatoms. The first-order chi connectivity index (χ1) is 16.8. The Hall–Kier alpha value is -3.68. The molecule has 0 spiro atoms. The molecule has 0 aliphatic carbocycles. The van der Waals surface area contributed by atoms with Crippen molar-refractivity contribution in [2.24, 2.45) is 0 Å². The number of aromatic nitrogens is 2. The van der Waals surface area contributed by atoms with E-state index in [0.717, 1.165) is 0 Å². The topological polar surface area (TPSA) is 101 Å². The molecule has 0 aliphatic rings. The van der Waals surface area contributed by atoms with Gasteiger partial charge in [-0.25, -0.2) is 4.79 Å². The van der Waals surface area contributed by atoms with Gasteiger partial charge in [0.05, 0.1) is 21.1 Å². The molecule has 35 heavy (non-hydrogen) atoms. The summed E-state index contributed by atoms with van der Waals surface area (Å²) in [5, 5.41) is 13.3. The molecule has 4 aromatic rings. The van der Waals surface area contributed by atoms with Gasteiger partial charge in [0.2, 0.25) is 0 Å². The molecule has 0 unspecified atom stereocenters. The van der Waals surface area contributed by atoms with Gasteiger partial charge in [0, 0.05) is 36.3 Å². The van der Waals surface area contributed by atoms with Crippen LogP contribution in [0.5, 0.6) is 0 Å². The number of carbonyl (C=O) groups excluding carboxylic acids is 1. The number of aliphatic carboxylic acids is 1. The molecule has 0 radical (unpaired) electrons. The van der Waals surface area contributed by atoms with Crippen LogP contribution in [0.15, 0.2) is 71.8 Å². The summed E-state index contributed by atoms with van der Waals surface area (Å²) < 4.78 is 1.61. The molecule has 7 nitrogen and oxygen atoms in total. The third-order valence-electron chi connectivity index (χ3n) is 5.72. The fourth-order valence-corrected chi connectivity index (χ4v) is 4.56. The number of nitrogens with one attached hydrogen (secondary N) is 1. The van der Waals surface area contributed by atoms with E-state index in [1.54, 1.807) is 47.3 Å². The number of nitrogens with zero attached hydrogens (tertiary/aromatic N) is 2. The van der Waals surface area contributed by atoms with Gasteiger partial charge in [-0.15, -0.1) is 0 Å². The summed E-state index contributed by atoms with van der Waals surface area (Å²) in [4.78, 5) is 42.2. The lowest BCUT2D eigenvalue weighted by Crippen LogP contribution is -2.42. The molecule has 1 atom stereocenters. The lowest BCUT2D eigenvalue weighted by Gasteiger charge is -2.17. The summed E-state index contributed by atoms with van der Waals surface area (Å²) in [6.07, 6.45) is 3.29. The summed E-state index contributed by atoms with van der Waals surface area (Å²) >= 11 is 12.2. The predicted octanol–water partition coefficient (Wildman–Crippen LogP) is 4.82. The molecular weight excluding hydrogens is 489 g/mol. The second-order valence-electron chi connectivity index (χ2n) is 7.85. The highest BCUT2D eigenvalue weighted by Gasteiger charge is 2.25. The van der Waals surface area contributed by atoms with E-state index in [1.807, 2.05) is 19.1 Å².